The van der Waals surface area contributed by atoms with Gasteiger partial charge in [0.15, 0.2) is 0 Å². The lowest BCUT2D eigenvalue weighted by molar-refractivity contribution is -0.140. The number of likely N-dealkylation sites (tertiary alicyclic amines) is 1. The number of benzene rings is 1. The maximum atomic E-state index is 13.0. The van der Waals surface area contributed by atoms with Gasteiger partial charge in [-0.15, -0.1) is 0 Å². The van der Waals surface area contributed by atoms with E-state index in [4.69, 9.17) is 4.74 Å². The summed E-state index contributed by atoms with van der Waals surface area (Å²) in [4.78, 5) is 35.5. The first kappa shape index (κ1) is 19.3. The predicted octanol–water partition coefficient (Wildman–Crippen LogP) is 3.11. The van der Waals surface area contributed by atoms with Crippen LogP contribution >= 0.6 is 0 Å². The second-order valence-electron chi connectivity index (χ2n) is 6.77. The highest BCUT2D eigenvalue weighted by molar-refractivity contribution is 6.46. The van der Waals surface area contributed by atoms with Gasteiger partial charge in [0, 0.05) is 31.3 Å². The van der Waals surface area contributed by atoms with Crippen LogP contribution in [-0.2, 0) is 16.1 Å². The van der Waals surface area contributed by atoms with Crippen molar-refractivity contribution in [3.8, 4) is 5.75 Å². The van der Waals surface area contributed by atoms with Crippen molar-refractivity contribution in [2.75, 3.05) is 7.11 Å². The number of ether oxygens (including phenoxy) is 1. The van der Waals surface area contributed by atoms with Crippen LogP contribution in [0.5, 0.6) is 5.75 Å². The largest absolute Gasteiger partial charge is 0.507 e. The summed E-state index contributed by atoms with van der Waals surface area (Å²) in [6.07, 6.45) is 6.45. The first-order valence-electron chi connectivity index (χ1n) is 9.32. The minimum atomic E-state index is -0.766. The Hall–Kier alpha value is -4.00. The number of methoxy groups -OCH3 is 1. The highest BCUT2D eigenvalue weighted by Gasteiger charge is 2.46. The van der Waals surface area contributed by atoms with Gasteiger partial charge in [-0.3, -0.25) is 19.6 Å². The fraction of sp³-hybridized carbons (Fsp3) is 0.130. The molecule has 30 heavy (non-hydrogen) atoms. The summed E-state index contributed by atoms with van der Waals surface area (Å²) < 4.78 is 5.33. The van der Waals surface area contributed by atoms with Crippen LogP contribution in [0.15, 0.2) is 78.9 Å². The second-order valence-corrected chi connectivity index (χ2v) is 6.77. The highest BCUT2D eigenvalue weighted by atomic mass is 16.5. The van der Waals surface area contributed by atoms with Gasteiger partial charge in [0.2, 0.25) is 0 Å². The van der Waals surface area contributed by atoms with Gasteiger partial charge in [-0.05, 0) is 41.5 Å². The van der Waals surface area contributed by atoms with Gasteiger partial charge in [0.05, 0.1) is 24.3 Å². The van der Waals surface area contributed by atoms with Crippen molar-refractivity contribution in [1.29, 1.82) is 0 Å². The van der Waals surface area contributed by atoms with Crippen molar-refractivity contribution < 1.29 is 19.4 Å². The molecule has 1 N–H and O–H groups in total. The van der Waals surface area contributed by atoms with Gasteiger partial charge in [0.25, 0.3) is 11.7 Å². The zero-order valence-electron chi connectivity index (χ0n) is 16.2. The van der Waals surface area contributed by atoms with Crippen LogP contribution in [0.4, 0.5) is 0 Å². The standard InChI is InChI=1S/C23H19N3O4/c1-30-18-7-3-2-6-17(18)21(27)19-20(16-8-11-24-12-9-16)26(23(29)22(19)28)14-15-5-4-10-25-13-15/h2-13,20,27H,14H2,1H3/b21-19-. The quantitative estimate of drug-likeness (QED) is 0.401. The Kier molecular flexibility index (Phi) is 5.26. The molecule has 1 aliphatic rings. The molecule has 1 aliphatic heterocycles. The molecule has 0 saturated carbocycles. The van der Waals surface area contributed by atoms with Crippen molar-refractivity contribution in [3.05, 3.63) is 95.6 Å². The summed E-state index contributed by atoms with van der Waals surface area (Å²) >= 11 is 0. The zero-order chi connectivity index (χ0) is 21.1. The molecule has 0 bridgehead atoms. The molecule has 3 aromatic rings. The third-order valence-electron chi connectivity index (χ3n) is 5.00. The van der Waals surface area contributed by atoms with Crippen molar-refractivity contribution in [1.82, 2.24) is 14.9 Å². The molecule has 1 atom stereocenters. The number of para-hydroxylation sites is 1. The number of aliphatic hydroxyl groups is 1. The predicted molar refractivity (Wildman–Crippen MR) is 109 cm³/mol. The van der Waals surface area contributed by atoms with Crippen LogP contribution in [0, 0.1) is 0 Å². The lowest BCUT2D eigenvalue weighted by Gasteiger charge is -2.25. The Bertz CT molecular complexity index is 1110. The van der Waals surface area contributed by atoms with Crippen molar-refractivity contribution >= 4 is 17.4 Å². The van der Waals surface area contributed by atoms with Crippen molar-refractivity contribution in [2.45, 2.75) is 12.6 Å². The fourth-order valence-corrected chi connectivity index (χ4v) is 3.61. The van der Waals surface area contributed by atoms with E-state index in [1.54, 1.807) is 67.3 Å². The molecular formula is C23H19N3O4. The lowest BCUT2D eigenvalue weighted by Crippen LogP contribution is -2.29. The molecule has 7 heteroatoms. The Labute approximate surface area is 173 Å². The molecule has 1 fully saturated rings. The second kappa shape index (κ2) is 8.16. The van der Waals surface area contributed by atoms with Crippen LogP contribution in [0.2, 0.25) is 0 Å². The number of aliphatic hydroxyl groups excluding tert-OH is 1. The maximum Gasteiger partial charge on any atom is 0.295 e. The summed E-state index contributed by atoms with van der Waals surface area (Å²) in [6, 6.07) is 13.1. The summed E-state index contributed by atoms with van der Waals surface area (Å²) in [5, 5.41) is 11.1. The number of Topliss-reactive ketones (excluding diaryl/α,β-unsaturated/α-hetero) is 1. The fourth-order valence-electron chi connectivity index (χ4n) is 3.61. The highest BCUT2D eigenvalue weighted by Crippen LogP contribution is 2.41. The smallest absolute Gasteiger partial charge is 0.295 e. The molecule has 0 aliphatic carbocycles. The number of amides is 1. The number of hydrogen-bond acceptors (Lipinski definition) is 6. The molecule has 2 aromatic heterocycles. The number of rotatable bonds is 5. The van der Waals surface area contributed by atoms with Crippen LogP contribution in [0.1, 0.15) is 22.7 Å². The Morgan fingerprint density at radius 3 is 2.50 bits per heavy atom. The van der Waals surface area contributed by atoms with Crippen LogP contribution in [0.25, 0.3) is 5.76 Å². The molecule has 0 spiro atoms. The maximum absolute atomic E-state index is 13.0. The third-order valence-corrected chi connectivity index (χ3v) is 5.00. The van der Waals surface area contributed by atoms with E-state index in [-0.39, 0.29) is 17.9 Å². The average Bonchev–Trinajstić information content (AvgIpc) is 3.04. The van der Waals surface area contributed by atoms with Gasteiger partial charge >= 0.3 is 0 Å². The molecule has 1 unspecified atom stereocenters. The number of ketones is 1. The number of carbonyl (C=O) groups is 2. The Morgan fingerprint density at radius 1 is 1.03 bits per heavy atom. The molecule has 1 amide bonds. The van der Waals surface area contributed by atoms with Crippen molar-refractivity contribution in [2.24, 2.45) is 0 Å². The van der Waals surface area contributed by atoms with Crippen LogP contribution in [0.3, 0.4) is 0 Å². The molecule has 7 nitrogen and oxygen atoms in total. The van der Waals surface area contributed by atoms with Crippen LogP contribution in [-0.4, -0.2) is 38.8 Å². The van der Waals surface area contributed by atoms with E-state index in [1.807, 2.05) is 6.07 Å². The summed E-state index contributed by atoms with van der Waals surface area (Å²) in [5.41, 5.74) is 1.80. The minimum Gasteiger partial charge on any atom is -0.507 e. The van der Waals surface area contributed by atoms with Gasteiger partial charge in [-0.25, -0.2) is 0 Å². The van der Waals surface area contributed by atoms with Gasteiger partial charge in [0.1, 0.15) is 11.5 Å². The summed E-state index contributed by atoms with van der Waals surface area (Å²) in [6.45, 7) is 0.175. The van der Waals surface area contributed by atoms with Gasteiger partial charge in [-0.1, -0.05) is 18.2 Å². The number of aromatic nitrogens is 2. The van der Waals surface area contributed by atoms with E-state index in [1.165, 1.54) is 12.0 Å². The summed E-state index contributed by atoms with van der Waals surface area (Å²) in [5.74, 6) is -1.30. The monoisotopic (exact) mass is 401 g/mol. The number of hydrogen-bond donors (Lipinski definition) is 1. The number of pyridine rings is 2. The molecule has 150 valence electrons. The number of nitrogens with zero attached hydrogens (tertiary/aromatic N) is 3. The Balaban J connectivity index is 1.88. The zero-order valence-corrected chi connectivity index (χ0v) is 16.2. The van der Waals surface area contributed by atoms with E-state index in [0.717, 1.165) is 5.56 Å². The van der Waals surface area contributed by atoms with Crippen molar-refractivity contribution in [3.63, 3.8) is 0 Å². The average molecular weight is 401 g/mol. The first-order valence-corrected chi connectivity index (χ1v) is 9.32. The van der Waals surface area contributed by atoms with Gasteiger partial charge in [-0.2, -0.15) is 0 Å². The van der Waals surface area contributed by atoms with Crippen LogP contribution < -0.4 is 4.74 Å². The first-order chi connectivity index (χ1) is 14.6. The van der Waals surface area contributed by atoms with E-state index < -0.39 is 17.7 Å². The van der Waals surface area contributed by atoms with E-state index in [9.17, 15) is 14.7 Å². The minimum absolute atomic E-state index is 0.0135. The molecular weight excluding hydrogens is 382 g/mol. The molecule has 3 heterocycles. The molecule has 4 rings (SSSR count). The van der Waals surface area contributed by atoms with E-state index in [2.05, 4.69) is 9.97 Å². The Morgan fingerprint density at radius 2 is 1.80 bits per heavy atom. The summed E-state index contributed by atoms with van der Waals surface area (Å²) in [7, 11) is 1.48. The third kappa shape index (κ3) is 3.41. The molecule has 0 radical (unpaired) electrons. The molecule has 1 aromatic carbocycles. The topological polar surface area (TPSA) is 92.6 Å². The molecule has 1 saturated heterocycles. The lowest BCUT2D eigenvalue weighted by atomic mass is 9.95. The normalized spacial score (nSPS) is 17.9. The number of carbonyl (C=O) groups excluding carboxylic acids is 2. The van der Waals surface area contributed by atoms with E-state index in [0.29, 0.717) is 16.9 Å². The van der Waals surface area contributed by atoms with E-state index >= 15 is 0 Å². The van der Waals surface area contributed by atoms with Gasteiger partial charge < -0.3 is 14.7 Å². The SMILES string of the molecule is COc1ccccc1/C(O)=C1/C(=O)C(=O)N(Cc2cccnc2)C1c1ccncc1.